The van der Waals surface area contributed by atoms with E-state index in [4.69, 9.17) is 4.74 Å². The molecule has 1 heterocycles. The lowest BCUT2D eigenvalue weighted by Gasteiger charge is -2.37. The molecule has 0 spiro atoms. The third-order valence-corrected chi connectivity index (χ3v) is 4.25. The molecule has 1 saturated heterocycles. The van der Waals surface area contributed by atoms with Gasteiger partial charge in [0, 0.05) is 0 Å². The number of ether oxygens (including phenoxy) is 1. The summed E-state index contributed by atoms with van der Waals surface area (Å²) in [5.74, 6) is -0.255. The SMILES string of the molecule is CC(C)=CC1CC(C)C(C)C2C(=O)OC(=O)C12. The van der Waals surface area contributed by atoms with Crippen molar-refractivity contribution in [2.75, 3.05) is 0 Å². The van der Waals surface area contributed by atoms with E-state index in [1.54, 1.807) is 0 Å². The van der Waals surface area contributed by atoms with Gasteiger partial charge < -0.3 is 4.74 Å². The van der Waals surface area contributed by atoms with Crippen LogP contribution < -0.4 is 0 Å². The second-order valence-corrected chi connectivity index (χ2v) is 5.77. The van der Waals surface area contributed by atoms with Gasteiger partial charge >= 0.3 is 11.9 Å². The first-order valence-corrected chi connectivity index (χ1v) is 6.32. The average Bonchev–Trinajstić information content (AvgIpc) is 2.49. The maximum Gasteiger partial charge on any atom is 0.318 e. The first kappa shape index (κ1) is 12.3. The van der Waals surface area contributed by atoms with Crippen molar-refractivity contribution in [3.05, 3.63) is 11.6 Å². The van der Waals surface area contributed by atoms with Crippen LogP contribution in [-0.2, 0) is 14.3 Å². The molecule has 1 saturated carbocycles. The molecule has 0 radical (unpaired) electrons. The fraction of sp³-hybridized carbons (Fsp3) is 0.714. The Morgan fingerprint density at radius 2 is 1.76 bits per heavy atom. The van der Waals surface area contributed by atoms with Gasteiger partial charge in [-0.2, -0.15) is 0 Å². The van der Waals surface area contributed by atoms with Crippen molar-refractivity contribution in [3.8, 4) is 0 Å². The lowest BCUT2D eigenvalue weighted by Crippen LogP contribution is -2.39. The topological polar surface area (TPSA) is 43.4 Å². The molecule has 0 aromatic heterocycles. The Hall–Kier alpha value is -1.12. The summed E-state index contributed by atoms with van der Waals surface area (Å²) >= 11 is 0. The van der Waals surface area contributed by atoms with Crippen molar-refractivity contribution in [1.82, 2.24) is 0 Å². The van der Waals surface area contributed by atoms with Gasteiger partial charge in [0.05, 0.1) is 11.8 Å². The van der Waals surface area contributed by atoms with Gasteiger partial charge in [-0.05, 0) is 38.0 Å². The predicted molar refractivity (Wildman–Crippen MR) is 63.9 cm³/mol. The van der Waals surface area contributed by atoms with Crippen LogP contribution in [0.2, 0.25) is 0 Å². The molecule has 5 unspecified atom stereocenters. The van der Waals surface area contributed by atoms with Crippen molar-refractivity contribution in [2.45, 2.75) is 34.1 Å². The molecular formula is C14H20O3. The summed E-state index contributed by atoms with van der Waals surface area (Å²) < 4.78 is 4.83. The fourth-order valence-electron chi connectivity index (χ4n) is 3.26. The maximum absolute atomic E-state index is 11.8. The van der Waals surface area contributed by atoms with Crippen molar-refractivity contribution < 1.29 is 14.3 Å². The molecule has 1 aliphatic heterocycles. The molecule has 0 aromatic rings. The summed E-state index contributed by atoms with van der Waals surface area (Å²) in [7, 11) is 0. The highest BCUT2D eigenvalue weighted by atomic mass is 16.6. The van der Waals surface area contributed by atoms with Crippen LogP contribution in [0.3, 0.4) is 0 Å². The van der Waals surface area contributed by atoms with Crippen molar-refractivity contribution >= 4 is 11.9 Å². The van der Waals surface area contributed by atoms with Gasteiger partial charge in [0.2, 0.25) is 0 Å². The van der Waals surface area contributed by atoms with Gasteiger partial charge in [0.25, 0.3) is 0 Å². The van der Waals surface area contributed by atoms with Gasteiger partial charge in [0.15, 0.2) is 0 Å². The smallest absolute Gasteiger partial charge is 0.318 e. The Bertz CT molecular complexity index is 379. The van der Waals surface area contributed by atoms with Crippen LogP contribution in [0.25, 0.3) is 0 Å². The predicted octanol–water partition coefficient (Wildman–Crippen LogP) is 2.56. The lowest BCUT2D eigenvalue weighted by molar-refractivity contribution is -0.154. The van der Waals surface area contributed by atoms with E-state index in [2.05, 4.69) is 19.9 Å². The second kappa shape index (κ2) is 4.28. The molecular weight excluding hydrogens is 216 g/mol. The number of allylic oxidation sites excluding steroid dienone is 2. The summed E-state index contributed by atoms with van der Waals surface area (Å²) in [6.45, 7) is 8.27. The molecule has 0 bridgehead atoms. The number of carbonyl (C=O) groups is 2. The molecule has 94 valence electrons. The fourth-order valence-corrected chi connectivity index (χ4v) is 3.26. The molecule has 3 heteroatoms. The zero-order valence-corrected chi connectivity index (χ0v) is 10.9. The van der Waals surface area contributed by atoms with Crippen LogP contribution in [0.4, 0.5) is 0 Å². The number of cyclic esters (lactones) is 2. The van der Waals surface area contributed by atoms with Crippen molar-refractivity contribution in [2.24, 2.45) is 29.6 Å². The molecule has 5 atom stereocenters. The number of rotatable bonds is 1. The number of carbonyl (C=O) groups excluding carboxylic acids is 2. The molecule has 2 aliphatic rings. The first-order chi connectivity index (χ1) is 7.91. The number of hydrogen-bond donors (Lipinski definition) is 0. The van der Waals surface area contributed by atoms with E-state index >= 15 is 0 Å². The highest BCUT2D eigenvalue weighted by molar-refractivity contribution is 5.97. The summed E-state index contributed by atoms with van der Waals surface area (Å²) in [5, 5.41) is 0. The monoisotopic (exact) mass is 236 g/mol. The Balaban J connectivity index is 2.34. The van der Waals surface area contributed by atoms with Crippen molar-refractivity contribution in [3.63, 3.8) is 0 Å². The number of esters is 2. The third kappa shape index (κ3) is 2.03. The summed E-state index contributed by atoms with van der Waals surface area (Å²) in [6.07, 6.45) is 3.09. The maximum atomic E-state index is 11.8. The van der Waals surface area contributed by atoms with E-state index in [1.807, 2.05) is 13.8 Å². The Morgan fingerprint density at radius 3 is 2.35 bits per heavy atom. The van der Waals surface area contributed by atoms with Gasteiger partial charge in [-0.25, -0.2) is 0 Å². The minimum Gasteiger partial charge on any atom is -0.393 e. The van der Waals surface area contributed by atoms with Crippen LogP contribution in [0.15, 0.2) is 11.6 Å². The average molecular weight is 236 g/mol. The Morgan fingerprint density at radius 1 is 1.18 bits per heavy atom. The molecule has 0 amide bonds. The molecule has 2 fully saturated rings. The van der Waals surface area contributed by atoms with Crippen LogP contribution >= 0.6 is 0 Å². The molecule has 0 aromatic carbocycles. The first-order valence-electron chi connectivity index (χ1n) is 6.32. The summed E-state index contributed by atoms with van der Waals surface area (Å²) in [4.78, 5) is 23.5. The second-order valence-electron chi connectivity index (χ2n) is 5.77. The van der Waals surface area contributed by atoms with E-state index < -0.39 is 0 Å². The molecule has 0 N–H and O–H groups in total. The van der Waals surface area contributed by atoms with Gasteiger partial charge in [0.1, 0.15) is 0 Å². The van der Waals surface area contributed by atoms with E-state index in [9.17, 15) is 9.59 Å². The largest absolute Gasteiger partial charge is 0.393 e. The number of fused-ring (bicyclic) bond motifs is 1. The highest BCUT2D eigenvalue weighted by Crippen LogP contribution is 2.47. The van der Waals surface area contributed by atoms with Crippen LogP contribution in [-0.4, -0.2) is 11.9 Å². The van der Waals surface area contributed by atoms with E-state index in [0.717, 1.165) is 6.42 Å². The zero-order valence-electron chi connectivity index (χ0n) is 10.9. The lowest BCUT2D eigenvalue weighted by atomic mass is 9.63. The Kier molecular flexibility index (Phi) is 3.11. The van der Waals surface area contributed by atoms with E-state index in [-0.39, 0.29) is 35.6 Å². The van der Waals surface area contributed by atoms with Gasteiger partial charge in [-0.3, -0.25) is 9.59 Å². The molecule has 2 rings (SSSR count). The van der Waals surface area contributed by atoms with E-state index in [0.29, 0.717) is 5.92 Å². The molecule has 3 nitrogen and oxygen atoms in total. The minimum absolute atomic E-state index is 0.162. The van der Waals surface area contributed by atoms with Crippen LogP contribution in [0.1, 0.15) is 34.1 Å². The quantitative estimate of drug-likeness (QED) is 0.399. The minimum atomic E-state index is -0.318. The van der Waals surface area contributed by atoms with Crippen LogP contribution in [0, 0.1) is 29.6 Å². The Labute approximate surface area is 102 Å². The van der Waals surface area contributed by atoms with Gasteiger partial charge in [-0.15, -0.1) is 0 Å². The summed E-state index contributed by atoms with van der Waals surface area (Å²) in [6, 6.07) is 0. The van der Waals surface area contributed by atoms with Crippen LogP contribution in [0.5, 0.6) is 0 Å². The van der Waals surface area contributed by atoms with E-state index in [1.165, 1.54) is 5.57 Å². The summed E-state index contributed by atoms with van der Waals surface area (Å²) in [5.41, 5.74) is 1.20. The zero-order chi connectivity index (χ0) is 12.7. The van der Waals surface area contributed by atoms with Gasteiger partial charge in [-0.1, -0.05) is 25.5 Å². The molecule has 1 aliphatic carbocycles. The molecule has 17 heavy (non-hydrogen) atoms. The standard InChI is InChI=1S/C14H20O3/c1-7(2)5-10-6-8(3)9(4)11-12(10)14(16)17-13(11)15/h5,8-12H,6H2,1-4H3. The third-order valence-electron chi connectivity index (χ3n) is 4.25. The number of hydrogen-bond acceptors (Lipinski definition) is 3. The normalized spacial score (nSPS) is 40.8. The van der Waals surface area contributed by atoms with Crippen molar-refractivity contribution in [1.29, 1.82) is 0 Å². The highest BCUT2D eigenvalue weighted by Gasteiger charge is 2.54.